The molecule has 3 heterocycles. The quantitative estimate of drug-likeness (QED) is 0.696. The van der Waals surface area contributed by atoms with Crippen molar-refractivity contribution >= 4 is 17.5 Å². The number of piperidine rings is 1. The Labute approximate surface area is 175 Å². The first-order chi connectivity index (χ1) is 14.4. The molecule has 1 saturated heterocycles. The van der Waals surface area contributed by atoms with Crippen LogP contribution in [0.15, 0.2) is 36.4 Å². The number of aromatic amines is 1. The van der Waals surface area contributed by atoms with Gasteiger partial charge in [-0.15, -0.1) is 0 Å². The Hall–Kier alpha value is -3.42. The number of nitrogens with one attached hydrogen (secondary N) is 2. The first-order valence-corrected chi connectivity index (χ1v) is 10.1. The number of likely N-dealkylation sites (tertiary alicyclic amines) is 1. The Morgan fingerprint density at radius 2 is 1.83 bits per heavy atom. The van der Waals surface area contributed by atoms with E-state index in [1.165, 1.54) is 0 Å². The van der Waals surface area contributed by atoms with E-state index in [0.29, 0.717) is 31.6 Å². The standard InChI is InChI=1S/C22H26N6O2/c1-14-20(15(2)27(3)26-14)18-13-19(25-24-18)22(30)28-11-9-16(10-12-28)21(29)23-17-7-5-4-6-8-17/h4-8,13,16H,9-12H2,1-3H3,(H,23,29)(H,24,25). The molecule has 1 aliphatic heterocycles. The summed E-state index contributed by atoms with van der Waals surface area (Å²) in [6.07, 6.45) is 1.29. The number of carbonyl (C=O) groups excluding carboxylic acids is 2. The van der Waals surface area contributed by atoms with E-state index in [1.807, 2.05) is 55.9 Å². The zero-order valence-electron chi connectivity index (χ0n) is 17.5. The normalized spacial score (nSPS) is 14.7. The van der Waals surface area contributed by atoms with Gasteiger partial charge in [-0.25, -0.2) is 0 Å². The minimum atomic E-state index is -0.0905. The molecule has 3 aromatic rings. The Morgan fingerprint density at radius 3 is 2.47 bits per heavy atom. The summed E-state index contributed by atoms with van der Waals surface area (Å²) in [5.74, 6) is -0.165. The summed E-state index contributed by atoms with van der Waals surface area (Å²) in [7, 11) is 1.89. The molecule has 0 atom stereocenters. The van der Waals surface area contributed by atoms with E-state index >= 15 is 0 Å². The average Bonchev–Trinajstić information content (AvgIpc) is 3.32. The summed E-state index contributed by atoms with van der Waals surface area (Å²) in [6.45, 7) is 5.01. The van der Waals surface area contributed by atoms with Crippen LogP contribution in [0.5, 0.6) is 0 Å². The van der Waals surface area contributed by atoms with Crippen molar-refractivity contribution in [2.24, 2.45) is 13.0 Å². The van der Waals surface area contributed by atoms with Crippen LogP contribution in [0.25, 0.3) is 11.3 Å². The molecule has 30 heavy (non-hydrogen) atoms. The highest BCUT2D eigenvalue weighted by molar-refractivity contribution is 5.95. The lowest BCUT2D eigenvalue weighted by Crippen LogP contribution is -2.41. The Morgan fingerprint density at radius 1 is 1.13 bits per heavy atom. The van der Waals surface area contributed by atoms with Crippen LogP contribution in [0.2, 0.25) is 0 Å². The molecular weight excluding hydrogens is 380 g/mol. The lowest BCUT2D eigenvalue weighted by molar-refractivity contribution is -0.121. The third kappa shape index (κ3) is 3.85. The number of aryl methyl sites for hydroxylation is 2. The van der Waals surface area contributed by atoms with Crippen molar-refractivity contribution < 1.29 is 9.59 Å². The molecule has 0 unspecified atom stereocenters. The van der Waals surface area contributed by atoms with Gasteiger partial charge in [0.05, 0.1) is 11.4 Å². The molecule has 2 N–H and O–H groups in total. The highest BCUT2D eigenvalue weighted by Crippen LogP contribution is 2.26. The van der Waals surface area contributed by atoms with Crippen LogP contribution in [0.1, 0.15) is 34.7 Å². The van der Waals surface area contributed by atoms with Crippen LogP contribution in [0.3, 0.4) is 0 Å². The number of para-hydroxylation sites is 1. The zero-order valence-corrected chi connectivity index (χ0v) is 17.5. The molecular formula is C22H26N6O2. The second-order valence-electron chi connectivity index (χ2n) is 7.76. The van der Waals surface area contributed by atoms with Crippen molar-refractivity contribution in [1.29, 1.82) is 0 Å². The molecule has 1 aliphatic rings. The maximum atomic E-state index is 12.9. The highest BCUT2D eigenvalue weighted by atomic mass is 16.2. The fraction of sp³-hybridized carbons (Fsp3) is 0.364. The van der Waals surface area contributed by atoms with E-state index in [-0.39, 0.29) is 17.7 Å². The molecule has 1 fully saturated rings. The maximum Gasteiger partial charge on any atom is 0.271 e. The van der Waals surface area contributed by atoms with Gasteiger partial charge in [-0.3, -0.25) is 19.4 Å². The van der Waals surface area contributed by atoms with Crippen LogP contribution >= 0.6 is 0 Å². The summed E-state index contributed by atoms with van der Waals surface area (Å²) in [5, 5.41) is 14.6. The van der Waals surface area contributed by atoms with Gasteiger partial charge in [0.2, 0.25) is 5.91 Å². The first-order valence-electron chi connectivity index (χ1n) is 10.1. The van der Waals surface area contributed by atoms with Gasteiger partial charge in [0.1, 0.15) is 5.69 Å². The predicted molar refractivity (Wildman–Crippen MR) is 114 cm³/mol. The summed E-state index contributed by atoms with van der Waals surface area (Å²) < 4.78 is 1.81. The summed E-state index contributed by atoms with van der Waals surface area (Å²) in [6, 6.07) is 11.2. The van der Waals surface area contributed by atoms with Gasteiger partial charge in [-0.2, -0.15) is 10.2 Å². The third-order valence-electron chi connectivity index (χ3n) is 5.77. The average molecular weight is 406 g/mol. The van der Waals surface area contributed by atoms with Crippen LogP contribution in [-0.2, 0) is 11.8 Å². The van der Waals surface area contributed by atoms with Gasteiger partial charge in [-0.1, -0.05) is 18.2 Å². The second kappa shape index (κ2) is 8.14. The van der Waals surface area contributed by atoms with Crippen molar-refractivity contribution in [2.45, 2.75) is 26.7 Å². The van der Waals surface area contributed by atoms with Gasteiger partial charge in [0.25, 0.3) is 5.91 Å². The second-order valence-corrected chi connectivity index (χ2v) is 7.76. The predicted octanol–water partition coefficient (Wildman–Crippen LogP) is 2.92. The number of anilines is 1. The lowest BCUT2D eigenvalue weighted by Gasteiger charge is -2.31. The number of rotatable bonds is 4. The van der Waals surface area contributed by atoms with Crippen LogP contribution in [-0.4, -0.2) is 49.8 Å². The largest absolute Gasteiger partial charge is 0.337 e. The number of amides is 2. The number of nitrogens with zero attached hydrogens (tertiary/aromatic N) is 4. The molecule has 8 heteroatoms. The smallest absolute Gasteiger partial charge is 0.271 e. The monoisotopic (exact) mass is 406 g/mol. The Kier molecular flexibility index (Phi) is 5.39. The van der Waals surface area contributed by atoms with E-state index in [2.05, 4.69) is 20.6 Å². The van der Waals surface area contributed by atoms with Crippen LogP contribution in [0, 0.1) is 19.8 Å². The van der Waals surface area contributed by atoms with E-state index in [9.17, 15) is 9.59 Å². The van der Waals surface area contributed by atoms with Gasteiger partial charge in [-0.05, 0) is 44.9 Å². The minimum Gasteiger partial charge on any atom is -0.337 e. The fourth-order valence-corrected chi connectivity index (χ4v) is 3.98. The topological polar surface area (TPSA) is 95.9 Å². The van der Waals surface area contributed by atoms with Crippen LogP contribution < -0.4 is 5.32 Å². The zero-order chi connectivity index (χ0) is 21.3. The third-order valence-corrected chi connectivity index (χ3v) is 5.77. The Balaban J connectivity index is 1.38. The van der Waals surface area contributed by atoms with Crippen LogP contribution in [0.4, 0.5) is 5.69 Å². The van der Waals surface area contributed by atoms with Crippen molar-refractivity contribution in [2.75, 3.05) is 18.4 Å². The molecule has 8 nitrogen and oxygen atoms in total. The molecule has 1 aromatic carbocycles. The van der Waals surface area contributed by atoms with E-state index in [0.717, 1.165) is 28.3 Å². The molecule has 0 spiro atoms. The first kappa shape index (κ1) is 19.9. The molecule has 2 aromatic heterocycles. The molecule has 2 amide bonds. The molecule has 0 radical (unpaired) electrons. The van der Waals surface area contributed by atoms with Gasteiger partial charge >= 0.3 is 0 Å². The molecule has 156 valence electrons. The van der Waals surface area contributed by atoms with Crippen molar-refractivity contribution in [3.05, 3.63) is 53.5 Å². The Bertz CT molecular complexity index is 1060. The number of hydrogen-bond acceptors (Lipinski definition) is 4. The maximum absolute atomic E-state index is 12.9. The van der Waals surface area contributed by atoms with Crippen molar-refractivity contribution in [3.8, 4) is 11.3 Å². The number of aromatic nitrogens is 4. The number of hydrogen-bond donors (Lipinski definition) is 2. The summed E-state index contributed by atoms with van der Waals surface area (Å²) >= 11 is 0. The molecule has 0 bridgehead atoms. The summed E-state index contributed by atoms with van der Waals surface area (Å²) in [5.41, 5.74) is 4.81. The minimum absolute atomic E-state index is 0.0136. The van der Waals surface area contributed by atoms with Crippen molar-refractivity contribution in [3.63, 3.8) is 0 Å². The van der Waals surface area contributed by atoms with Gasteiger partial charge < -0.3 is 10.2 Å². The number of benzene rings is 1. The molecule has 0 saturated carbocycles. The van der Waals surface area contributed by atoms with E-state index < -0.39 is 0 Å². The lowest BCUT2D eigenvalue weighted by atomic mass is 9.95. The number of carbonyl (C=O) groups is 2. The highest BCUT2D eigenvalue weighted by Gasteiger charge is 2.29. The fourth-order valence-electron chi connectivity index (χ4n) is 3.98. The molecule has 4 rings (SSSR count). The number of H-pyrrole nitrogens is 1. The summed E-state index contributed by atoms with van der Waals surface area (Å²) in [4.78, 5) is 27.2. The van der Waals surface area contributed by atoms with Gasteiger partial charge in [0.15, 0.2) is 0 Å². The van der Waals surface area contributed by atoms with E-state index in [1.54, 1.807) is 11.0 Å². The van der Waals surface area contributed by atoms with Crippen molar-refractivity contribution in [1.82, 2.24) is 24.9 Å². The van der Waals surface area contributed by atoms with E-state index in [4.69, 9.17) is 0 Å². The SMILES string of the molecule is Cc1nn(C)c(C)c1-c1cc(C(=O)N2CCC(C(=O)Nc3ccccc3)CC2)[nH]n1. The molecule has 0 aliphatic carbocycles. The van der Waals surface area contributed by atoms with Gasteiger partial charge in [0, 0.05) is 43.0 Å².